The second-order valence-electron chi connectivity index (χ2n) is 4.21. The number of nitrogens with one attached hydrogen (secondary N) is 1. The Morgan fingerprint density at radius 2 is 2.28 bits per heavy atom. The van der Waals surface area contributed by atoms with Crippen LogP contribution in [0, 0.1) is 6.92 Å². The number of hydrogen-bond acceptors (Lipinski definition) is 3. The van der Waals surface area contributed by atoms with Gasteiger partial charge in [-0.1, -0.05) is 0 Å². The minimum Gasteiger partial charge on any atom is -0.508 e. The van der Waals surface area contributed by atoms with Crippen molar-refractivity contribution in [3.8, 4) is 5.75 Å². The van der Waals surface area contributed by atoms with Crippen LogP contribution in [0.3, 0.4) is 0 Å². The Bertz CT molecular complexity index is 575. The molecule has 2 N–H and O–H groups in total. The van der Waals surface area contributed by atoms with Gasteiger partial charge in [-0.05, 0) is 30.7 Å². The predicted octanol–water partition coefficient (Wildman–Crippen LogP) is 1.36. The molecule has 1 aromatic carbocycles. The molecule has 0 aliphatic carbocycles. The molecule has 0 saturated heterocycles. The molecule has 0 spiro atoms. The average molecular weight is 245 g/mol. The molecule has 0 saturated carbocycles. The fourth-order valence-electron chi connectivity index (χ4n) is 1.64. The van der Waals surface area contributed by atoms with Gasteiger partial charge in [0.05, 0.1) is 6.20 Å². The van der Waals surface area contributed by atoms with Gasteiger partial charge in [-0.2, -0.15) is 5.10 Å². The highest BCUT2D eigenvalue weighted by Crippen LogP contribution is 2.16. The number of aromatic hydroxyl groups is 1. The van der Waals surface area contributed by atoms with E-state index in [4.69, 9.17) is 0 Å². The summed E-state index contributed by atoms with van der Waals surface area (Å²) in [5, 5.41) is 16.2. The standard InChI is InChI=1S/C13H15N3O2/c1-9-5-11(3-4-12(9)17)13(18)14-6-10-7-15-16(2)8-10/h3-5,7-8,17H,6H2,1-2H3,(H,14,18). The Balaban J connectivity index is 2.01. The monoisotopic (exact) mass is 245 g/mol. The number of rotatable bonds is 3. The average Bonchev–Trinajstić information content (AvgIpc) is 2.75. The van der Waals surface area contributed by atoms with E-state index in [-0.39, 0.29) is 11.7 Å². The lowest BCUT2D eigenvalue weighted by atomic mass is 10.1. The van der Waals surface area contributed by atoms with Crippen molar-refractivity contribution in [3.05, 3.63) is 47.3 Å². The van der Waals surface area contributed by atoms with Gasteiger partial charge in [-0.25, -0.2) is 0 Å². The number of aromatic nitrogens is 2. The van der Waals surface area contributed by atoms with Crippen LogP contribution in [-0.2, 0) is 13.6 Å². The normalized spacial score (nSPS) is 10.3. The maximum absolute atomic E-state index is 11.9. The number of phenols is 1. The van der Waals surface area contributed by atoms with E-state index in [0.717, 1.165) is 5.56 Å². The van der Waals surface area contributed by atoms with Crippen molar-refractivity contribution >= 4 is 5.91 Å². The van der Waals surface area contributed by atoms with Crippen molar-refractivity contribution in [1.29, 1.82) is 0 Å². The second kappa shape index (κ2) is 4.91. The molecule has 0 aliphatic heterocycles. The van der Waals surface area contributed by atoms with Gasteiger partial charge < -0.3 is 10.4 Å². The zero-order valence-electron chi connectivity index (χ0n) is 10.3. The fourth-order valence-corrected chi connectivity index (χ4v) is 1.64. The first-order valence-corrected chi connectivity index (χ1v) is 5.61. The first-order valence-electron chi connectivity index (χ1n) is 5.61. The lowest BCUT2D eigenvalue weighted by Crippen LogP contribution is -2.22. The largest absolute Gasteiger partial charge is 0.508 e. The Labute approximate surface area is 105 Å². The molecule has 18 heavy (non-hydrogen) atoms. The quantitative estimate of drug-likeness (QED) is 0.858. The minimum atomic E-state index is -0.165. The molecule has 1 heterocycles. The topological polar surface area (TPSA) is 67.2 Å². The summed E-state index contributed by atoms with van der Waals surface area (Å²) in [5.74, 6) is 0.0285. The van der Waals surface area contributed by atoms with Crippen molar-refractivity contribution in [2.75, 3.05) is 0 Å². The molecule has 5 nitrogen and oxygen atoms in total. The van der Waals surface area contributed by atoms with Crippen molar-refractivity contribution < 1.29 is 9.90 Å². The van der Waals surface area contributed by atoms with Crippen LogP contribution >= 0.6 is 0 Å². The van der Waals surface area contributed by atoms with Gasteiger partial charge in [-0.3, -0.25) is 9.48 Å². The molecule has 1 aromatic heterocycles. The molecule has 0 unspecified atom stereocenters. The van der Waals surface area contributed by atoms with Crippen molar-refractivity contribution in [2.45, 2.75) is 13.5 Å². The van der Waals surface area contributed by atoms with Gasteiger partial charge in [0.15, 0.2) is 0 Å². The lowest BCUT2D eigenvalue weighted by Gasteiger charge is -2.05. The number of aryl methyl sites for hydroxylation is 2. The number of carbonyl (C=O) groups excluding carboxylic acids is 1. The Morgan fingerprint density at radius 1 is 1.50 bits per heavy atom. The zero-order chi connectivity index (χ0) is 13.1. The maximum Gasteiger partial charge on any atom is 0.251 e. The van der Waals surface area contributed by atoms with E-state index in [1.54, 1.807) is 29.9 Å². The van der Waals surface area contributed by atoms with Gasteiger partial charge >= 0.3 is 0 Å². The number of phenolic OH excluding ortho intramolecular Hbond substituents is 1. The van der Waals surface area contributed by atoms with Crippen LogP contribution in [0.25, 0.3) is 0 Å². The van der Waals surface area contributed by atoms with Crippen LogP contribution < -0.4 is 5.32 Å². The molecule has 0 atom stereocenters. The van der Waals surface area contributed by atoms with E-state index in [1.165, 1.54) is 6.07 Å². The minimum absolute atomic E-state index is 0.165. The van der Waals surface area contributed by atoms with Crippen LogP contribution in [0.2, 0.25) is 0 Å². The summed E-state index contributed by atoms with van der Waals surface area (Å²) in [4.78, 5) is 11.9. The fraction of sp³-hybridized carbons (Fsp3) is 0.231. The SMILES string of the molecule is Cc1cc(C(=O)NCc2cnn(C)c2)ccc1O. The molecule has 0 radical (unpaired) electrons. The Kier molecular flexibility index (Phi) is 3.32. The van der Waals surface area contributed by atoms with E-state index in [9.17, 15) is 9.90 Å². The molecule has 94 valence electrons. The van der Waals surface area contributed by atoms with Gasteiger partial charge in [-0.15, -0.1) is 0 Å². The maximum atomic E-state index is 11.9. The third-order valence-corrected chi connectivity index (χ3v) is 2.67. The number of hydrogen-bond donors (Lipinski definition) is 2. The van der Waals surface area contributed by atoms with Crippen LogP contribution in [-0.4, -0.2) is 20.8 Å². The Hall–Kier alpha value is -2.30. The van der Waals surface area contributed by atoms with Crippen LogP contribution in [0.4, 0.5) is 0 Å². The van der Waals surface area contributed by atoms with Gasteiger partial charge in [0.1, 0.15) is 5.75 Å². The molecule has 0 fully saturated rings. The summed E-state index contributed by atoms with van der Waals surface area (Å²) in [6, 6.07) is 4.78. The number of benzene rings is 1. The molecule has 1 amide bonds. The highest BCUT2D eigenvalue weighted by molar-refractivity contribution is 5.94. The van der Waals surface area contributed by atoms with E-state index in [0.29, 0.717) is 17.7 Å². The number of carbonyl (C=O) groups is 1. The zero-order valence-corrected chi connectivity index (χ0v) is 10.3. The predicted molar refractivity (Wildman–Crippen MR) is 67.2 cm³/mol. The molecule has 0 aliphatic rings. The summed E-state index contributed by atoms with van der Waals surface area (Å²) in [6.45, 7) is 2.19. The molecular weight excluding hydrogens is 230 g/mol. The van der Waals surface area contributed by atoms with Crippen LogP contribution in [0.5, 0.6) is 5.75 Å². The molecule has 0 bridgehead atoms. The lowest BCUT2D eigenvalue weighted by molar-refractivity contribution is 0.0951. The molecule has 2 rings (SSSR count). The summed E-state index contributed by atoms with van der Waals surface area (Å²) in [7, 11) is 1.83. The van der Waals surface area contributed by atoms with E-state index < -0.39 is 0 Å². The van der Waals surface area contributed by atoms with Gasteiger partial charge in [0.25, 0.3) is 5.91 Å². The summed E-state index contributed by atoms with van der Waals surface area (Å²) < 4.78 is 1.69. The molecule has 5 heteroatoms. The first kappa shape index (κ1) is 12.2. The highest BCUT2D eigenvalue weighted by atomic mass is 16.3. The van der Waals surface area contributed by atoms with E-state index in [1.807, 2.05) is 13.2 Å². The summed E-state index contributed by atoms with van der Waals surface area (Å²) in [6.07, 6.45) is 3.56. The molecular formula is C13H15N3O2. The summed E-state index contributed by atoms with van der Waals surface area (Å²) in [5.41, 5.74) is 2.17. The third-order valence-electron chi connectivity index (χ3n) is 2.67. The van der Waals surface area contributed by atoms with E-state index in [2.05, 4.69) is 10.4 Å². The van der Waals surface area contributed by atoms with Crippen molar-refractivity contribution in [1.82, 2.24) is 15.1 Å². The van der Waals surface area contributed by atoms with Crippen molar-refractivity contribution in [2.24, 2.45) is 7.05 Å². The third kappa shape index (κ3) is 2.68. The second-order valence-corrected chi connectivity index (χ2v) is 4.21. The van der Waals surface area contributed by atoms with Gasteiger partial charge in [0.2, 0.25) is 0 Å². The Morgan fingerprint density at radius 3 is 2.89 bits per heavy atom. The van der Waals surface area contributed by atoms with Crippen LogP contribution in [0.1, 0.15) is 21.5 Å². The highest BCUT2D eigenvalue weighted by Gasteiger charge is 2.07. The van der Waals surface area contributed by atoms with Crippen LogP contribution in [0.15, 0.2) is 30.6 Å². The summed E-state index contributed by atoms with van der Waals surface area (Å²) >= 11 is 0. The molecule has 2 aromatic rings. The van der Waals surface area contributed by atoms with Gasteiger partial charge in [0, 0.05) is 30.9 Å². The van der Waals surface area contributed by atoms with E-state index >= 15 is 0 Å². The number of amides is 1. The number of nitrogens with zero attached hydrogens (tertiary/aromatic N) is 2. The van der Waals surface area contributed by atoms with Crippen molar-refractivity contribution in [3.63, 3.8) is 0 Å². The smallest absolute Gasteiger partial charge is 0.251 e. The first-order chi connectivity index (χ1) is 8.56.